The Balaban J connectivity index is 1.99. The van der Waals surface area contributed by atoms with Crippen LogP contribution in [-0.2, 0) is 10.3 Å². The van der Waals surface area contributed by atoms with Crippen LogP contribution in [0.5, 0.6) is 0 Å². The fraction of sp³-hybridized carbons (Fsp3) is 0.294. The van der Waals surface area contributed by atoms with Crippen LogP contribution in [0.3, 0.4) is 0 Å². The lowest BCUT2D eigenvalue weighted by Crippen LogP contribution is -2.32. The summed E-state index contributed by atoms with van der Waals surface area (Å²) in [6.07, 6.45) is 1.66. The van der Waals surface area contributed by atoms with Crippen molar-refractivity contribution in [2.45, 2.75) is 26.4 Å². The van der Waals surface area contributed by atoms with E-state index < -0.39 is 5.60 Å². The number of aromatic nitrogens is 5. The molecule has 128 valence electrons. The van der Waals surface area contributed by atoms with Gasteiger partial charge in [-0.1, -0.05) is 17.3 Å². The Labute approximate surface area is 143 Å². The van der Waals surface area contributed by atoms with Gasteiger partial charge in [-0.2, -0.15) is 9.71 Å². The van der Waals surface area contributed by atoms with Crippen molar-refractivity contribution in [1.82, 2.24) is 19.5 Å². The molecule has 0 aliphatic heterocycles. The zero-order valence-electron chi connectivity index (χ0n) is 14.3. The Kier molecular flexibility index (Phi) is 3.26. The van der Waals surface area contributed by atoms with Crippen molar-refractivity contribution < 1.29 is 14.0 Å². The second-order valence-electron chi connectivity index (χ2n) is 6.32. The quantitative estimate of drug-likeness (QED) is 0.420. The number of rotatable bonds is 3. The van der Waals surface area contributed by atoms with Crippen LogP contribution in [0.2, 0.25) is 0 Å². The van der Waals surface area contributed by atoms with Crippen LogP contribution < -0.4 is 4.73 Å². The molecule has 3 heterocycles. The zero-order chi connectivity index (χ0) is 17.8. The van der Waals surface area contributed by atoms with E-state index in [1.807, 2.05) is 36.4 Å². The third kappa shape index (κ3) is 2.18. The number of ether oxygens (including phenoxy) is 1. The number of nitrogens with zero attached hydrogens (tertiary/aromatic N) is 5. The molecule has 0 fully saturated rings. The number of hydrogen-bond acceptors (Lipinski definition) is 6. The first-order valence-electron chi connectivity index (χ1n) is 7.81. The van der Waals surface area contributed by atoms with Crippen LogP contribution in [0.4, 0.5) is 0 Å². The highest BCUT2D eigenvalue weighted by atomic mass is 16.5. The summed E-state index contributed by atoms with van der Waals surface area (Å²) in [4.78, 5) is 8.82. The molecule has 0 radical (unpaired) electrons. The van der Waals surface area contributed by atoms with E-state index in [4.69, 9.17) is 9.26 Å². The predicted octanol–water partition coefficient (Wildman–Crippen LogP) is 2.36. The van der Waals surface area contributed by atoms with Crippen molar-refractivity contribution in [3.05, 3.63) is 47.3 Å². The van der Waals surface area contributed by atoms with Crippen LogP contribution in [0, 0.1) is 12.1 Å². The number of para-hydroxylation sites is 2. The molecule has 0 N–H and O–H groups in total. The zero-order valence-corrected chi connectivity index (χ0v) is 14.3. The standard InChI is InChI=1S/C17H17N5O3/c1-10-14-13(15-19-16(20-25-15)17(2,3)24-4)18-9-21(14)11-7-5-6-8-12(11)22(10)23/h5-9H,1-4H3. The second kappa shape index (κ2) is 5.25. The normalized spacial score (nSPS) is 12.3. The van der Waals surface area contributed by atoms with E-state index in [1.54, 1.807) is 26.4 Å². The fourth-order valence-corrected chi connectivity index (χ4v) is 2.81. The Morgan fingerprint density at radius 1 is 1.28 bits per heavy atom. The van der Waals surface area contributed by atoms with Crippen molar-refractivity contribution in [2.24, 2.45) is 0 Å². The lowest BCUT2D eigenvalue weighted by Gasteiger charge is -2.17. The number of fused-ring (bicyclic) bond motifs is 3. The predicted molar refractivity (Wildman–Crippen MR) is 89.7 cm³/mol. The topological polar surface area (TPSA) is 92.4 Å². The summed E-state index contributed by atoms with van der Waals surface area (Å²) in [5, 5.41) is 16.6. The molecule has 0 spiro atoms. The molecule has 0 saturated carbocycles. The summed E-state index contributed by atoms with van der Waals surface area (Å²) in [5.74, 6) is 0.667. The molecule has 0 atom stereocenters. The van der Waals surface area contributed by atoms with Gasteiger partial charge in [-0.05, 0) is 19.9 Å². The molecular formula is C17H17N5O3. The van der Waals surface area contributed by atoms with Gasteiger partial charge in [0, 0.05) is 20.1 Å². The Morgan fingerprint density at radius 2 is 2.04 bits per heavy atom. The van der Waals surface area contributed by atoms with E-state index in [2.05, 4.69) is 15.1 Å². The van der Waals surface area contributed by atoms with Crippen LogP contribution in [-0.4, -0.2) is 26.6 Å². The van der Waals surface area contributed by atoms with Gasteiger partial charge in [0.1, 0.15) is 23.0 Å². The van der Waals surface area contributed by atoms with Crippen LogP contribution in [0.1, 0.15) is 25.4 Å². The molecule has 4 rings (SSSR count). The first-order chi connectivity index (χ1) is 11.9. The molecule has 0 amide bonds. The third-order valence-corrected chi connectivity index (χ3v) is 4.45. The molecule has 3 aromatic heterocycles. The third-order valence-electron chi connectivity index (χ3n) is 4.45. The van der Waals surface area contributed by atoms with Crippen molar-refractivity contribution in [1.29, 1.82) is 0 Å². The molecule has 0 aliphatic rings. The summed E-state index contributed by atoms with van der Waals surface area (Å²) < 4.78 is 13.5. The molecule has 8 heteroatoms. The van der Waals surface area contributed by atoms with Crippen molar-refractivity contribution in [3.63, 3.8) is 0 Å². The smallest absolute Gasteiger partial charge is 0.279 e. The Bertz CT molecular complexity index is 1100. The molecule has 4 aromatic rings. The average Bonchev–Trinajstić information content (AvgIpc) is 3.26. The monoisotopic (exact) mass is 339 g/mol. The van der Waals surface area contributed by atoms with Gasteiger partial charge in [0.15, 0.2) is 5.69 Å². The minimum absolute atomic E-state index is 0.251. The number of benzene rings is 1. The van der Waals surface area contributed by atoms with Gasteiger partial charge < -0.3 is 14.5 Å². The molecule has 0 saturated heterocycles. The van der Waals surface area contributed by atoms with Gasteiger partial charge in [-0.15, -0.1) is 0 Å². The summed E-state index contributed by atoms with van der Waals surface area (Å²) in [7, 11) is 1.58. The van der Waals surface area contributed by atoms with Crippen LogP contribution in [0.15, 0.2) is 35.1 Å². The van der Waals surface area contributed by atoms with Crippen molar-refractivity contribution in [3.8, 4) is 11.6 Å². The van der Waals surface area contributed by atoms with E-state index in [1.165, 1.54) is 0 Å². The van der Waals surface area contributed by atoms with Gasteiger partial charge in [0.25, 0.3) is 5.89 Å². The molecule has 0 bridgehead atoms. The lowest BCUT2D eigenvalue weighted by molar-refractivity contribution is -0.583. The van der Waals surface area contributed by atoms with Gasteiger partial charge in [0.2, 0.25) is 17.0 Å². The van der Waals surface area contributed by atoms with Gasteiger partial charge >= 0.3 is 0 Å². The number of imidazole rings is 1. The number of hydrogen-bond donors (Lipinski definition) is 0. The highest BCUT2D eigenvalue weighted by Crippen LogP contribution is 2.28. The summed E-state index contributed by atoms with van der Waals surface area (Å²) in [5.41, 5.74) is 2.27. The average molecular weight is 339 g/mol. The Hall–Kier alpha value is -3.00. The van der Waals surface area contributed by atoms with E-state index in [0.717, 1.165) is 10.2 Å². The molecule has 1 aromatic carbocycles. The Morgan fingerprint density at radius 3 is 2.80 bits per heavy atom. The second-order valence-corrected chi connectivity index (χ2v) is 6.32. The molecule has 25 heavy (non-hydrogen) atoms. The maximum Gasteiger partial charge on any atom is 0.279 e. The first kappa shape index (κ1) is 15.5. The summed E-state index contributed by atoms with van der Waals surface area (Å²) in [6.45, 7) is 5.44. The molecule has 0 aliphatic carbocycles. The van der Waals surface area contributed by atoms with Crippen molar-refractivity contribution in [2.75, 3.05) is 7.11 Å². The van der Waals surface area contributed by atoms with Crippen molar-refractivity contribution >= 4 is 16.6 Å². The number of methoxy groups -OCH3 is 1. The first-order valence-corrected chi connectivity index (χ1v) is 7.81. The maximum absolute atomic E-state index is 12.6. The minimum Gasteiger partial charge on any atom is -0.618 e. The van der Waals surface area contributed by atoms with E-state index in [0.29, 0.717) is 28.2 Å². The maximum atomic E-state index is 12.6. The number of aryl methyl sites for hydroxylation is 1. The lowest BCUT2D eigenvalue weighted by atomic mass is 10.1. The summed E-state index contributed by atoms with van der Waals surface area (Å²) in [6, 6.07) is 7.36. The van der Waals surface area contributed by atoms with E-state index >= 15 is 0 Å². The SMILES string of the molecule is COC(C)(C)c1noc(-c2ncn3c2c(C)[n+]([O-])c2ccccc23)n1. The fourth-order valence-electron chi connectivity index (χ4n) is 2.81. The highest BCUT2D eigenvalue weighted by molar-refractivity contribution is 5.82. The van der Waals surface area contributed by atoms with E-state index in [-0.39, 0.29) is 5.89 Å². The van der Waals surface area contributed by atoms with Gasteiger partial charge in [-0.3, -0.25) is 4.40 Å². The summed E-state index contributed by atoms with van der Waals surface area (Å²) >= 11 is 0. The van der Waals surface area contributed by atoms with E-state index in [9.17, 15) is 5.21 Å². The largest absolute Gasteiger partial charge is 0.618 e. The molecular weight excluding hydrogens is 322 g/mol. The minimum atomic E-state index is -0.683. The molecule has 8 nitrogen and oxygen atoms in total. The van der Waals surface area contributed by atoms with Gasteiger partial charge in [-0.25, -0.2) is 4.98 Å². The van der Waals surface area contributed by atoms with Gasteiger partial charge in [0.05, 0.1) is 0 Å². The molecule has 0 unspecified atom stereocenters. The highest BCUT2D eigenvalue weighted by Gasteiger charge is 2.29. The van der Waals surface area contributed by atoms with Crippen LogP contribution >= 0.6 is 0 Å². The van der Waals surface area contributed by atoms with Crippen LogP contribution in [0.25, 0.3) is 28.1 Å².